The normalized spacial score (nSPS) is 15.0. The van der Waals surface area contributed by atoms with Gasteiger partial charge in [-0.15, -0.1) is 10.2 Å². The summed E-state index contributed by atoms with van der Waals surface area (Å²) in [7, 11) is 0. The summed E-state index contributed by atoms with van der Waals surface area (Å²) in [4.78, 5) is 27.0. The van der Waals surface area contributed by atoms with Crippen molar-refractivity contribution in [2.24, 2.45) is 5.73 Å². The predicted molar refractivity (Wildman–Crippen MR) is 96.0 cm³/mol. The molecule has 1 heterocycles. The van der Waals surface area contributed by atoms with Crippen molar-refractivity contribution in [3.8, 4) is 11.4 Å². The molecule has 2 aromatic rings. The fourth-order valence-corrected chi connectivity index (χ4v) is 3.45. The largest absolute Gasteiger partial charge is 0.366 e. The van der Waals surface area contributed by atoms with Gasteiger partial charge in [0.05, 0.1) is 0 Å². The smallest absolute Gasteiger partial charge is 0.248 e. The molecule has 0 bridgehead atoms. The minimum absolute atomic E-state index is 0.0208. The molecule has 1 aromatic heterocycles. The topological polar surface area (TPSA) is 107 Å². The lowest BCUT2D eigenvalue weighted by atomic mass is 9.94. The van der Waals surface area contributed by atoms with E-state index in [1.165, 1.54) is 24.1 Å². The lowest BCUT2D eigenvalue weighted by Gasteiger charge is -2.33. The summed E-state index contributed by atoms with van der Waals surface area (Å²) in [6.45, 7) is 2.78. The van der Waals surface area contributed by atoms with Gasteiger partial charge in [-0.2, -0.15) is 4.80 Å². The van der Waals surface area contributed by atoms with Crippen LogP contribution in [0.1, 0.15) is 49.4 Å². The molecule has 1 saturated carbocycles. The van der Waals surface area contributed by atoms with Crippen molar-refractivity contribution in [3.63, 3.8) is 0 Å². The Kier molecular flexibility index (Phi) is 5.60. The highest BCUT2D eigenvalue weighted by atomic mass is 16.2. The molecule has 3 rings (SSSR count). The first-order valence-electron chi connectivity index (χ1n) is 9.06. The number of carbonyl (C=O) groups excluding carboxylic acids is 2. The first-order chi connectivity index (χ1) is 12.6. The third kappa shape index (κ3) is 4.07. The molecule has 0 spiro atoms. The number of benzene rings is 1. The third-order valence-corrected chi connectivity index (χ3v) is 4.83. The van der Waals surface area contributed by atoms with E-state index in [0.717, 1.165) is 12.8 Å². The van der Waals surface area contributed by atoms with E-state index in [9.17, 15) is 9.59 Å². The van der Waals surface area contributed by atoms with Crippen LogP contribution in [0.2, 0.25) is 0 Å². The molecule has 0 atom stereocenters. The first-order valence-corrected chi connectivity index (χ1v) is 9.06. The number of hydrogen-bond donors (Lipinski definition) is 1. The Bertz CT molecular complexity index is 764. The average molecular weight is 356 g/mol. The van der Waals surface area contributed by atoms with E-state index < -0.39 is 5.91 Å². The fourth-order valence-electron chi connectivity index (χ4n) is 3.45. The summed E-state index contributed by atoms with van der Waals surface area (Å²) in [5, 5.41) is 12.3. The van der Waals surface area contributed by atoms with Gasteiger partial charge in [0.25, 0.3) is 0 Å². The van der Waals surface area contributed by atoms with E-state index in [1.807, 2.05) is 11.8 Å². The first kappa shape index (κ1) is 18.0. The summed E-state index contributed by atoms with van der Waals surface area (Å²) in [5.41, 5.74) is 6.37. The van der Waals surface area contributed by atoms with E-state index in [4.69, 9.17) is 5.73 Å². The van der Waals surface area contributed by atoms with Crippen molar-refractivity contribution in [1.82, 2.24) is 25.1 Å². The minimum atomic E-state index is -0.485. The van der Waals surface area contributed by atoms with Crippen molar-refractivity contribution >= 4 is 11.8 Å². The second-order valence-electron chi connectivity index (χ2n) is 6.56. The van der Waals surface area contributed by atoms with Gasteiger partial charge in [0, 0.05) is 23.7 Å². The molecule has 0 unspecified atom stereocenters. The minimum Gasteiger partial charge on any atom is -0.366 e. The van der Waals surface area contributed by atoms with Gasteiger partial charge in [-0.05, 0) is 37.1 Å². The molecule has 0 saturated heterocycles. The lowest BCUT2D eigenvalue weighted by molar-refractivity contribution is -0.135. The van der Waals surface area contributed by atoms with E-state index in [-0.39, 0.29) is 12.5 Å². The Morgan fingerprint density at radius 2 is 1.88 bits per heavy atom. The Morgan fingerprint density at radius 3 is 2.50 bits per heavy atom. The Hall–Kier alpha value is -2.77. The average Bonchev–Trinajstić information content (AvgIpc) is 3.11. The van der Waals surface area contributed by atoms with Gasteiger partial charge in [0.15, 0.2) is 0 Å². The van der Waals surface area contributed by atoms with Crippen LogP contribution >= 0.6 is 0 Å². The monoisotopic (exact) mass is 356 g/mol. The number of primary amides is 1. The Morgan fingerprint density at radius 1 is 1.19 bits per heavy atom. The maximum atomic E-state index is 12.7. The quantitative estimate of drug-likeness (QED) is 0.846. The number of rotatable bonds is 6. The maximum absolute atomic E-state index is 12.7. The zero-order valence-electron chi connectivity index (χ0n) is 15.0. The SMILES string of the molecule is CCN(C(=O)Cn1nnc(-c2ccc(C(N)=O)cc2)n1)C1CCCCC1. The van der Waals surface area contributed by atoms with Gasteiger partial charge in [0.1, 0.15) is 6.54 Å². The van der Waals surface area contributed by atoms with Gasteiger partial charge in [0.2, 0.25) is 17.6 Å². The number of carbonyl (C=O) groups is 2. The van der Waals surface area contributed by atoms with Crippen LogP contribution in [-0.4, -0.2) is 49.5 Å². The predicted octanol–water partition coefficient (Wildman–Crippen LogP) is 1.62. The number of hydrogen-bond acceptors (Lipinski definition) is 5. The second kappa shape index (κ2) is 8.07. The third-order valence-electron chi connectivity index (χ3n) is 4.83. The summed E-state index contributed by atoms with van der Waals surface area (Å²) in [6, 6.07) is 6.98. The molecule has 0 aliphatic heterocycles. The van der Waals surface area contributed by atoms with Gasteiger partial charge in [-0.3, -0.25) is 9.59 Å². The second-order valence-corrected chi connectivity index (χ2v) is 6.56. The molecular formula is C18H24N6O2. The molecule has 1 aliphatic rings. The number of likely N-dealkylation sites (N-methyl/N-ethyl adjacent to an activating group) is 1. The summed E-state index contributed by atoms with van der Waals surface area (Å²) in [6.07, 6.45) is 5.76. The van der Waals surface area contributed by atoms with Crippen LogP contribution in [0.4, 0.5) is 0 Å². The van der Waals surface area contributed by atoms with Crippen LogP contribution in [0.3, 0.4) is 0 Å². The van der Waals surface area contributed by atoms with E-state index in [2.05, 4.69) is 15.4 Å². The van der Waals surface area contributed by atoms with Crippen LogP contribution in [0.15, 0.2) is 24.3 Å². The van der Waals surface area contributed by atoms with Gasteiger partial charge in [-0.25, -0.2) is 0 Å². The molecule has 2 N–H and O–H groups in total. The van der Waals surface area contributed by atoms with Gasteiger partial charge >= 0.3 is 0 Å². The molecule has 0 radical (unpaired) electrons. The highest BCUT2D eigenvalue weighted by Gasteiger charge is 2.24. The van der Waals surface area contributed by atoms with Crippen molar-refractivity contribution in [3.05, 3.63) is 29.8 Å². The number of nitrogens with zero attached hydrogens (tertiary/aromatic N) is 5. The zero-order valence-corrected chi connectivity index (χ0v) is 15.0. The molecule has 1 aromatic carbocycles. The van der Waals surface area contributed by atoms with Crippen molar-refractivity contribution < 1.29 is 9.59 Å². The lowest BCUT2D eigenvalue weighted by Crippen LogP contribution is -2.43. The number of amides is 2. The molecule has 26 heavy (non-hydrogen) atoms. The number of nitrogens with two attached hydrogens (primary N) is 1. The van der Waals surface area contributed by atoms with E-state index >= 15 is 0 Å². The maximum Gasteiger partial charge on any atom is 0.248 e. The fraction of sp³-hybridized carbons (Fsp3) is 0.500. The molecule has 8 heteroatoms. The van der Waals surface area contributed by atoms with Crippen LogP contribution in [0.5, 0.6) is 0 Å². The van der Waals surface area contributed by atoms with Crippen LogP contribution < -0.4 is 5.73 Å². The number of tetrazole rings is 1. The Balaban J connectivity index is 1.67. The van der Waals surface area contributed by atoms with Crippen LogP contribution in [0, 0.1) is 0 Å². The van der Waals surface area contributed by atoms with Crippen LogP contribution in [-0.2, 0) is 11.3 Å². The highest BCUT2D eigenvalue weighted by molar-refractivity contribution is 5.93. The Labute approximate surface area is 152 Å². The molecule has 8 nitrogen and oxygen atoms in total. The summed E-state index contributed by atoms with van der Waals surface area (Å²) >= 11 is 0. The highest BCUT2D eigenvalue weighted by Crippen LogP contribution is 2.22. The van der Waals surface area contributed by atoms with Crippen molar-refractivity contribution in [2.45, 2.75) is 51.6 Å². The van der Waals surface area contributed by atoms with E-state index in [1.54, 1.807) is 24.3 Å². The van der Waals surface area contributed by atoms with Crippen molar-refractivity contribution in [1.29, 1.82) is 0 Å². The summed E-state index contributed by atoms with van der Waals surface area (Å²) in [5.74, 6) is -0.0527. The molecular weight excluding hydrogens is 332 g/mol. The number of aromatic nitrogens is 4. The van der Waals surface area contributed by atoms with Crippen molar-refractivity contribution in [2.75, 3.05) is 6.54 Å². The molecule has 2 amide bonds. The summed E-state index contributed by atoms with van der Waals surface area (Å²) < 4.78 is 0. The van der Waals surface area contributed by atoms with E-state index in [0.29, 0.717) is 29.5 Å². The molecule has 138 valence electrons. The standard InChI is InChI=1S/C18H24N6O2/c1-2-23(15-6-4-3-5-7-15)16(25)12-24-21-18(20-22-24)14-10-8-13(9-11-14)17(19)26/h8-11,15H,2-7,12H2,1H3,(H2,19,26). The van der Waals surface area contributed by atoms with Gasteiger partial charge in [-0.1, -0.05) is 31.4 Å². The zero-order chi connectivity index (χ0) is 18.5. The van der Waals surface area contributed by atoms with Gasteiger partial charge < -0.3 is 10.6 Å². The molecule has 1 aliphatic carbocycles. The molecule has 1 fully saturated rings. The van der Waals surface area contributed by atoms with Crippen LogP contribution in [0.25, 0.3) is 11.4 Å².